The summed E-state index contributed by atoms with van der Waals surface area (Å²) in [4.78, 5) is 0. The SMILES string of the molecule is CNC1(CCl)CCC(C)CC1. The molecule has 1 aliphatic rings. The van der Waals surface area contributed by atoms with E-state index in [4.69, 9.17) is 11.6 Å². The highest BCUT2D eigenvalue weighted by atomic mass is 35.5. The van der Waals surface area contributed by atoms with Crippen LogP contribution >= 0.6 is 11.6 Å². The Balaban J connectivity index is 2.45. The number of rotatable bonds is 2. The van der Waals surface area contributed by atoms with E-state index in [9.17, 15) is 0 Å². The van der Waals surface area contributed by atoms with Crippen LogP contribution in [0, 0.1) is 5.92 Å². The van der Waals surface area contributed by atoms with Gasteiger partial charge in [0.05, 0.1) is 0 Å². The Labute approximate surface area is 74.5 Å². The van der Waals surface area contributed by atoms with Gasteiger partial charge in [-0.25, -0.2) is 0 Å². The van der Waals surface area contributed by atoms with Crippen LogP contribution in [0.15, 0.2) is 0 Å². The van der Waals surface area contributed by atoms with Crippen molar-refractivity contribution in [3.63, 3.8) is 0 Å². The molecule has 0 amide bonds. The molecule has 1 saturated carbocycles. The van der Waals surface area contributed by atoms with Crippen LogP contribution in [-0.2, 0) is 0 Å². The molecule has 0 aliphatic heterocycles. The molecule has 1 fully saturated rings. The molecule has 1 aliphatic carbocycles. The van der Waals surface area contributed by atoms with Crippen molar-refractivity contribution in [1.82, 2.24) is 5.32 Å². The Bertz CT molecular complexity index is 111. The van der Waals surface area contributed by atoms with Crippen LogP contribution in [0.2, 0.25) is 0 Å². The minimum atomic E-state index is 0.258. The second-order valence-electron chi connectivity index (χ2n) is 3.85. The van der Waals surface area contributed by atoms with Gasteiger partial charge in [0.15, 0.2) is 0 Å². The fourth-order valence-electron chi connectivity index (χ4n) is 1.77. The van der Waals surface area contributed by atoms with E-state index in [2.05, 4.69) is 12.2 Å². The van der Waals surface area contributed by atoms with Crippen molar-refractivity contribution in [3.8, 4) is 0 Å². The Morgan fingerprint density at radius 2 is 2.00 bits per heavy atom. The molecule has 2 heteroatoms. The minimum Gasteiger partial charge on any atom is -0.313 e. The molecular formula is C9H18ClN. The Morgan fingerprint density at radius 1 is 1.45 bits per heavy atom. The first-order valence-electron chi connectivity index (χ1n) is 4.47. The van der Waals surface area contributed by atoms with E-state index in [0.29, 0.717) is 0 Å². The summed E-state index contributed by atoms with van der Waals surface area (Å²) in [6, 6.07) is 0. The first kappa shape index (κ1) is 9.34. The third kappa shape index (κ3) is 2.09. The maximum atomic E-state index is 5.92. The highest BCUT2D eigenvalue weighted by Crippen LogP contribution is 2.32. The van der Waals surface area contributed by atoms with E-state index in [1.807, 2.05) is 7.05 Å². The Morgan fingerprint density at radius 3 is 2.36 bits per heavy atom. The molecule has 0 radical (unpaired) electrons. The van der Waals surface area contributed by atoms with E-state index < -0.39 is 0 Å². The highest BCUT2D eigenvalue weighted by Gasteiger charge is 2.31. The normalized spacial score (nSPS) is 39.0. The molecule has 0 unspecified atom stereocenters. The molecule has 0 spiro atoms. The van der Waals surface area contributed by atoms with Gasteiger partial charge in [0, 0.05) is 11.4 Å². The zero-order valence-corrected chi connectivity index (χ0v) is 8.25. The van der Waals surface area contributed by atoms with Crippen molar-refractivity contribution in [2.75, 3.05) is 12.9 Å². The first-order valence-corrected chi connectivity index (χ1v) is 5.01. The van der Waals surface area contributed by atoms with Gasteiger partial charge in [0.25, 0.3) is 0 Å². The van der Waals surface area contributed by atoms with Gasteiger partial charge in [-0.05, 0) is 38.6 Å². The second kappa shape index (κ2) is 3.77. The summed E-state index contributed by atoms with van der Waals surface area (Å²) in [6.45, 7) is 2.33. The zero-order valence-electron chi connectivity index (χ0n) is 7.49. The van der Waals surface area contributed by atoms with Crippen molar-refractivity contribution in [2.45, 2.75) is 38.1 Å². The first-order chi connectivity index (χ1) is 5.22. The zero-order chi connectivity index (χ0) is 8.32. The fraction of sp³-hybridized carbons (Fsp3) is 1.00. The Kier molecular flexibility index (Phi) is 3.20. The molecule has 66 valence electrons. The average Bonchev–Trinajstić information content (AvgIpc) is 2.07. The van der Waals surface area contributed by atoms with Crippen LogP contribution < -0.4 is 5.32 Å². The van der Waals surface area contributed by atoms with E-state index in [-0.39, 0.29) is 5.54 Å². The molecule has 0 bridgehead atoms. The predicted octanol–water partition coefficient (Wildman–Crippen LogP) is 2.39. The van der Waals surface area contributed by atoms with Crippen LogP contribution in [0.4, 0.5) is 0 Å². The lowest BCUT2D eigenvalue weighted by atomic mass is 9.78. The molecule has 0 saturated heterocycles. The molecule has 0 atom stereocenters. The summed E-state index contributed by atoms with van der Waals surface area (Å²) in [7, 11) is 2.03. The quantitative estimate of drug-likeness (QED) is 0.636. The van der Waals surface area contributed by atoms with Crippen LogP contribution in [0.25, 0.3) is 0 Å². The number of hydrogen-bond donors (Lipinski definition) is 1. The van der Waals surface area contributed by atoms with Crippen LogP contribution in [0.3, 0.4) is 0 Å². The van der Waals surface area contributed by atoms with E-state index >= 15 is 0 Å². The van der Waals surface area contributed by atoms with Gasteiger partial charge < -0.3 is 5.32 Å². The largest absolute Gasteiger partial charge is 0.313 e. The number of halogens is 1. The van der Waals surface area contributed by atoms with Gasteiger partial charge in [0.1, 0.15) is 0 Å². The summed E-state index contributed by atoms with van der Waals surface area (Å²) < 4.78 is 0. The standard InChI is InChI=1S/C9H18ClN/c1-8-3-5-9(7-10,11-2)6-4-8/h8,11H,3-7H2,1-2H3. The third-order valence-electron chi connectivity index (χ3n) is 3.02. The molecule has 0 heterocycles. The van der Waals surface area contributed by atoms with Gasteiger partial charge >= 0.3 is 0 Å². The predicted molar refractivity (Wildman–Crippen MR) is 50.1 cm³/mol. The van der Waals surface area contributed by atoms with Gasteiger partial charge in [-0.15, -0.1) is 11.6 Å². The van der Waals surface area contributed by atoms with Gasteiger partial charge in [-0.3, -0.25) is 0 Å². The van der Waals surface area contributed by atoms with Gasteiger partial charge in [-0.1, -0.05) is 6.92 Å². The highest BCUT2D eigenvalue weighted by molar-refractivity contribution is 6.18. The minimum absolute atomic E-state index is 0.258. The fourth-order valence-corrected chi connectivity index (χ4v) is 2.17. The summed E-state index contributed by atoms with van der Waals surface area (Å²) in [5.41, 5.74) is 0.258. The van der Waals surface area contributed by atoms with Crippen molar-refractivity contribution >= 4 is 11.6 Å². The number of alkyl halides is 1. The average molecular weight is 176 g/mol. The molecule has 11 heavy (non-hydrogen) atoms. The van der Waals surface area contributed by atoms with E-state index in [1.54, 1.807) is 0 Å². The van der Waals surface area contributed by atoms with Crippen molar-refractivity contribution < 1.29 is 0 Å². The number of nitrogens with one attached hydrogen (secondary N) is 1. The topological polar surface area (TPSA) is 12.0 Å². The van der Waals surface area contributed by atoms with Gasteiger partial charge in [-0.2, -0.15) is 0 Å². The maximum absolute atomic E-state index is 5.92. The third-order valence-corrected chi connectivity index (χ3v) is 3.53. The Hall–Kier alpha value is 0.250. The smallest absolute Gasteiger partial charge is 0.0405 e. The van der Waals surface area contributed by atoms with Gasteiger partial charge in [0.2, 0.25) is 0 Å². The lowest BCUT2D eigenvalue weighted by molar-refractivity contribution is 0.230. The molecule has 1 rings (SSSR count). The van der Waals surface area contributed by atoms with Crippen LogP contribution in [0.5, 0.6) is 0 Å². The van der Waals surface area contributed by atoms with Crippen LogP contribution in [-0.4, -0.2) is 18.5 Å². The molecule has 0 aromatic heterocycles. The van der Waals surface area contributed by atoms with Crippen molar-refractivity contribution in [1.29, 1.82) is 0 Å². The summed E-state index contributed by atoms with van der Waals surface area (Å²) in [6.07, 6.45) is 5.14. The lowest BCUT2D eigenvalue weighted by Gasteiger charge is -2.37. The molecule has 1 nitrogen and oxygen atoms in total. The van der Waals surface area contributed by atoms with E-state index in [1.165, 1.54) is 25.7 Å². The van der Waals surface area contributed by atoms with Crippen molar-refractivity contribution in [3.05, 3.63) is 0 Å². The summed E-state index contributed by atoms with van der Waals surface area (Å²) >= 11 is 5.92. The second-order valence-corrected chi connectivity index (χ2v) is 4.11. The summed E-state index contributed by atoms with van der Waals surface area (Å²) in [5.74, 6) is 1.66. The molecule has 0 aromatic carbocycles. The van der Waals surface area contributed by atoms with E-state index in [0.717, 1.165) is 11.8 Å². The monoisotopic (exact) mass is 175 g/mol. The molecule has 0 aromatic rings. The van der Waals surface area contributed by atoms with Crippen LogP contribution in [0.1, 0.15) is 32.6 Å². The summed E-state index contributed by atoms with van der Waals surface area (Å²) in [5, 5.41) is 3.36. The maximum Gasteiger partial charge on any atom is 0.0405 e. The molecule has 1 N–H and O–H groups in total. The molecular weight excluding hydrogens is 158 g/mol. The van der Waals surface area contributed by atoms with Crippen molar-refractivity contribution in [2.24, 2.45) is 5.92 Å². The number of hydrogen-bond acceptors (Lipinski definition) is 1. The lowest BCUT2D eigenvalue weighted by Crippen LogP contribution is -2.47.